The molecule has 0 N–H and O–H groups in total. The molecule has 0 nitrogen and oxygen atoms in total. The summed E-state index contributed by atoms with van der Waals surface area (Å²) >= 11 is 1.96. The average molecular weight is 180 g/mol. The van der Waals surface area contributed by atoms with E-state index in [2.05, 4.69) is 25.3 Å². The van der Waals surface area contributed by atoms with Gasteiger partial charge in [0.1, 0.15) is 0 Å². The van der Waals surface area contributed by atoms with Crippen LogP contribution in [0.4, 0.5) is 0 Å². The van der Waals surface area contributed by atoms with Crippen LogP contribution in [0, 0.1) is 5.92 Å². The fourth-order valence-electron chi connectivity index (χ4n) is 2.16. The molecule has 0 aliphatic heterocycles. The summed E-state index contributed by atoms with van der Waals surface area (Å²) in [5.41, 5.74) is 1.63. The second-order valence-electron chi connectivity index (χ2n) is 4.05. The Bertz CT molecular complexity index is 260. The third kappa shape index (κ3) is 1.31. The Balaban J connectivity index is 2.31. The van der Waals surface area contributed by atoms with Gasteiger partial charge in [0.05, 0.1) is 0 Å². The van der Waals surface area contributed by atoms with E-state index in [-0.39, 0.29) is 0 Å². The summed E-state index contributed by atoms with van der Waals surface area (Å²) in [4.78, 5) is 1.68. The molecule has 1 heterocycles. The van der Waals surface area contributed by atoms with Crippen LogP contribution < -0.4 is 0 Å². The van der Waals surface area contributed by atoms with Crippen molar-refractivity contribution < 1.29 is 0 Å². The summed E-state index contributed by atoms with van der Waals surface area (Å²) in [6.07, 6.45) is 4.12. The van der Waals surface area contributed by atoms with Gasteiger partial charge in [-0.2, -0.15) is 0 Å². The lowest BCUT2D eigenvalue weighted by molar-refractivity contribution is 0.441. The highest BCUT2D eigenvalue weighted by Crippen LogP contribution is 2.39. The van der Waals surface area contributed by atoms with Crippen molar-refractivity contribution in [3.05, 3.63) is 21.9 Å². The van der Waals surface area contributed by atoms with Gasteiger partial charge in [-0.25, -0.2) is 0 Å². The van der Waals surface area contributed by atoms with Crippen LogP contribution in [0.2, 0.25) is 0 Å². The van der Waals surface area contributed by atoms with Crippen LogP contribution in [0.3, 0.4) is 0 Å². The highest BCUT2D eigenvalue weighted by atomic mass is 32.1. The number of thiophene rings is 1. The van der Waals surface area contributed by atoms with Crippen LogP contribution in [0.25, 0.3) is 0 Å². The molecular formula is C11H16S. The van der Waals surface area contributed by atoms with E-state index in [4.69, 9.17) is 0 Å². The molecular weight excluding hydrogens is 164 g/mol. The van der Waals surface area contributed by atoms with E-state index in [1.165, 1.54) is 19.3 Å². The van der Waals surface area contributed by atoms with Gasteiger partial charge < -0.3 is 0 Å². The second kappa shape index (κ2) is 3.21. The molecule has 0 unspecified atom stereocenters. The van der Waals surface area contributed by atoms with Crippen molar-refractivity contribution in [1.82, 2.24) is 0 Å². The standard InChI is InChI=1S/C11H16S/c1-8(2)10-5-3-4-9-6-7-12-11(9)10/h6-8,10H,3-5H2,1-2H3/t10-/m0/s1. The van der Waals surface area contributed by atoms with Gasteiger partial charge in [-0.3, -0.25) is 0 Å². The molecule has 12 heavy (non-hydrogen) atoms. The van der Waals surface area contributed by atoms with Gasteiger partial charge in [0, 0.05) is 4.88 Å². The van der Waals surface area contributed by atoms with Crippen LogP contribution in [-0.4, -0.2) is 0 Å². The third-order valence-corrected chi connectivity index (χ3v) is 3.97. The van der Waals surface area contributed by atoms with E-state index in [0.717, 1.165) is 11.8 Å². The normalized spacial score (nSPS) is 22.8. The SMILES string of the molecule is CC(C)[C@@H]1CCCc2ccsc21. The van der Waals surface area contributed by atoms with Crippen LogP contribution in [0.1, 0.15) is 43.0 Å². The number of rotatable bonds is 1. The topological polar surface area (TPSA) is 0 Å². The highest BCUT2D eigenvalue weighted by molar-refractivity contribution is 7.10. The average Bonchev–Trinajstić information content (AvgIpc) is 2.49. The molecule has 0 fully saturated rings. The fraction of sp³-hybridized carbons (Fsp3) is 0.636. The van der Waals surface area contributed by atoms with Crippen molar-refractivity contribution in [2.24, 2.45) is 5.92 Å². The first-order valence-corrected chi connectivity index (χ1v) is 5.73. The number of fused-ring (bicyclic) bond motifs is 1. The highest BCUT2D eigenvalue weighted by Gasteiger charge is 2.23. The van der Waals surface area contributed by atoms with E-state index in [1.807, 2.05) is 11.3 Å². The molecule has 1 aromatic rings. The van der Waals surface area contributed by atoms with Gasteiger partial charge in [-0.05, 0) is 48.1 Å². The predicted molar refractivity (Wildman–Crippen MR) is 54.8 cm³/mol. The Morgan fingerprint density at radius 1 is 1.50 bits per heavy atom. The lowest BCUT2D eigenvalue weighted by Crippen LogP contribution is -2.11. The Morgan fingerprint density at radius 2 is 2.33 bits per heavy atom. The largest absolute Gasteiger partial charge is 0.148 e. The molecule has 0 saturated carbocycles. The number of hydrogen-bond acceptors (Lipinski definition) is 1. The minimum atomic E-state index is 0.822. The molecule has 66 valence electrons. The molecule has 0 spiro atoms. The van der Waals surface area contributed by atoms with E-state index >= 15 is 0 Å². The van der Waals surface area contributed by atoms with Gasteiger partial charge in [0.25, 0.3) is 0 Å². The maximum absolute atomic E-state index is 2.35. The van der Waals surface area contributed by atoms with E-state index in [0.29, 0.717) is 0 Å². The molecule has 1 aliphatic rings. The first-order valence-electron chi connectivity index (χ1n) is 4.85. The molecule has 0 bridgehead atoms. The smallest absolute Gasteiger partial charge is 0.0111 e. The minimum absolute atomic E-state index is 0.822. The number of aryl methyl sites for hydroxylation is 1. The number of hydrogen-bond donors (Lipinski definition) is 0. The van der Waals surface area contributed by atoms with Gasteiger partial charge in [-0.1, -0.05) is 13.8 Å². The Hall–Kier alpha value is -0.300. The van der Waals surface area contributed by atoms with Crippen LogP contribution >= 0.6 is 11.3 Å². The molecule has 0 amide bonds. The summed E-state index contributed by atoms with van der Waals surface area (Å²) in [6.45, 7) is 4.69. The summed E-state index contributed by atoms with van der Waals surface area (Å²) in [6, 6.07) is 2.31. The van der Waals surface area contributed by atoms with Gasteiger partial charge in [0.2, 0.25) is 0 Å². The van der Waals surface area contributed by atoms with Crippen molar-refractivity contribution in [2.45, 2.75) is 39.0 Å². The zero-order valence-electron chi connectivity index (χ0n) is 7.84. The van der Waals surface area contributed by atoms with Crippen molar-refractivity contribution in [1.29, 1.82) is 0 Å². The third-order valence-electron chi connectivity index (χ3n) is 2.88. The molecule has 1 aromatic heterocycles. The van der Waals surface area contributed by atoms with Crippen LogP contribution in [0.15, 0.2) is 11.4 Å². The van der Waals surface area contributed by atoms with Crippen LogP contribution in [-0.2, 0) is 6.42 Å². The molecule has 1 atom stereocenters. The molecule has 1 heteroatoms. The molecule has 0 saturated heterocycles. The first kappa shape index (κ1) is 8.31. The van der Waals surface area contributed by atoms with Gasteiger partial charge in [-0.15, -0.1) is 11.3 Å². The Morgan fingerprint density at radius 3 is 3.08 bits per heavy atom. The van der Waals surface area contributed by atoms with Gasteiger partial charge >= 0.3 is 0 Å². The van der Waals surface area contributed by atoms with E-state index in [1.54, 1.807) is 10.4 Å². The van der Waals surface area contributed by atoms with Crippen molar-refractivity contribution in [3.8, 4) is 0 Å². The monoisotopic (exact) mass is 180 g/mol. The Labute approximate surface area is 78.6 Å². The lowest BCUT2D eigenvalue weighted by Gasteiger charge is -2.25. The van der Waals surface area contributed by atoms with Crippen molar-refractivity contribution in [3.63, 3.8) is 0 Å². The van der Waals surface area contributed by atoms with Crippen LogP contribution in [0.5, 0.6) is 0 Å². The zero-order valence-corrected chi connectivity index (χ0v) is 8.66. The molecule has 0 radical (unpaired) electrons. The van der Waals surface area contributed by atoms with Crippen molar-refractivity contribution >= 4 is 11.3 Å². The maximum Gasteiger partial charge on any atom is 0.0111 e. The lowest BCUT2D eigenvalue weighted by atomic mass is 9.82. The fourth-order valence-corrected chi connectivity index (χ4v) is 3.42. The van der Waals surface area contributed by atoms with E-state index < -0.39 is 0 Å². The first-order chi connectivity index (χ1) is 5.79. The molecule has 2 rings (SSSR count). The zero-order chi connectivity index (χ0) is 8.55. The molecule has 0 aromatic carbocycles. The quantitative estimate of drug-likeness (QED) is 0.616. The Kier molecular flexibility index (Phi) is 2.22. The minimum Gasteiger partial charge on any atom is -0.148 e. The van der Waals surface area contributed by atoms with E-state index in [9.17, 15) is 0 Å². The maximum atomic E-state index is 2.35. The summed E-state index contributed by atoms with van der Waals surface area (Å²) in [7, 11) is 0. The molecule has 1 aliphatic carbocycles. The predicted octanol–water partition coefficient (Wildman–Crippen LogP) is 3.82. The summed E-state index contributed by atoms with van der Waals surface area (Å²) in [5, 5.41) is 2.26. The summed E-state index contributed by atoms with van der Waals surface area (Å²) in [5.74, 6) is 1.68. The van der Waals surface area contributed by atoms with Gasteiger partial charge in [0.15, 0.2) is 0 Å². The van der Waals surface area contributed by atoms with Crippen molar-refractivity contribution in [2.75, 3.05) is 0 Å². The second-order valence-corrected chi connectivity index (χ2v) is 5.00. The summed E-state index contributed by atoms with van der Waals surface area (Å²) < 4.78 is 0.